The van der Waals surface area contributed by atoms with Gasteiger partial charge in [0.25, 0.3) is 0 Å². The Kier molecular flexibility index (Phi) is 3.87. The number of carbonyl (C=O) groups excluding carboxylic acids is 1. The van der Waals surface area contributed by atoms with Gasteiger partial charge in [-0.25, -0.2) is 0 Å². The van der Waals surface area contributed by atoms with E-state index in [1.54, 1.807) is 19.1 Å². The van der Waals surface area contributed by atoms with Gasteiger partial charge in [-0.1, -0.05) is 6.07 Å². The zero-order valence-electron chi connectivity index (χ0n) is 8.91. The molecule has 0 unspecified atom stereocenters. The van der Waals surface area contributed by atoms with Crippen molar-refractivity contribution >= 4 is 5.97 Å². The maximum absolute atomic E-state index is 11.3. The van der Waals surface area contributed by atoms with Crippen LogP contribution < -0.4 is 0 Å². The number of nitrogens with zero attached hydrogens (tertiary/aromatic N) is 1. The Morgan fingerprint density at radius 1 is 1.53 bits per heavy atom. The first-order valence-electron chi connectivity index (χ1n) is 4.82. The van der Waals surface area contributed by atoms with Gasteiger partial charge in [0, 0.05) is 0 Å². The number of benzene rings is 1. The second-order valence-electron chi connectivity index (χ2n) is 3.23. The molecule has 0 atom stereocenters. The van der Waals surface area contributed by atoms with Crippen molar-refractivity contribution in [1.82, 2.24) is 0 Å². The molecular formula is C12H13NO2. The Labute approximate surface area is 89.3 Å². The van der Waals surface area contributed by atoms with Gasteiger partial charge in [-0.3, -0.25) is 4.79 Å². The van der Waals surface area contributed by atoms with E-state index in [0.717, 1.165) is 11.1 Å². The average molecular weight is 203 g/mol. The van der Waals surface area contributed by atoms with Crippen LogP contribution in [0.1, 0.15) is 23.6 Å². The van der Waals surface area contributed by atoms with Gasteiger partial charge in [0.15, 0.2) is 0 Å². The third-order valence-corrected chi connectivity index (χ3v) is 2.12. The second kappa shape index (κ2) is 5.16. The van der Waals surface area contributed by atoms with Crippen molar-refractivity contribution in [3.63, 3.8) is 0 Å². The summed E-state index contributed by atoms with van der Waals surface area (Å²) in [6.45, 7) is 4.07. The predicted molar refractivity (Wildman–Crippen MR) is 56.2 cm³/mol. The smallest absolute Gasteiger partial charge is 0.310 e. The van der Waals surface area contributed by atoms with Gasteiger partial charge in [-0.15, -0.1) is 0 Å². The number of hydrogen-bond acceptors (Lipinski definition) is 3. The zero-order valence-corrected chi connectivity index (χ0v) is 8.91. The molecule has 15 heavy (non-hydrogen) atoms. The molecule has 0 radical (unpaired) electrons. The van der Waals surface area contributed by atoms with E-state index < -0.39 is 0 Å². The molecule has 3 heteroatoms. The van der Waals surface area contributed by atoms with E-state index in [2.05, 4.69) is 0 Å². The molecule has 0 aromatic heterocycles. The maximum atomic E-state index is 11.3. The van der Waals surface area contributed by atoms with Crippen LogP contribution in [-0.4, -0.2) is 12.6 Å². The molecule has 0 saturated heterocycles. The molecule has 0 bridgehead atoms. The minimum Gasteiger partial charge on any atom is -0.466 e. The van der Waals surface area contributed by atoms with Crippen LogP contribution in [0.2, 0.25) is 0 Å². The van der Waals surface area contributed by atoms with Gasteiger partial charge in [-0.05, 0) is 37.1 Å². The van der Waals surface area contributed by atoms with Crippen molar-refractivity contribution in [3.05, 3.63) is 34.9 Å². The summed E-state index contributed by atoms with van der Waals surface area (Å²) in [5.41, 5.74) is 2.43. The van der Waals surface area contributed by atoms with Gasteiger partial charge in [-0.2, -0.15) is 5.26 Å². The second-order valence-corrected chi connectivity index (χ2v) is 3.23. The summed E-state index contributed by atoms with van der Waals surface area (Å²) in [7, 11) is 0. The van der Waals surface area contributed by atoms with E-state index in [9.17, 15) is 4.79 Å². The third-order valence-electron chi connectivity index (χ3n) is 2.12. The van der Waals surface area contributed by atoms with Crippen LogP contribution in [0, 0.1) is 18.3 Å². The molecule has 0 saturated carbocycles. The molecule has 0 aliphatic heterocycles. The number of aryl methyl sites for hydroxylation is 1. The van der Waals surface area contributed by atoms with Crippen LogP contribution in [0.25, 0.3) is 0 Å². The van der Waals surface area contributed by atoms with Crippen LogP contribution in [0.4, 0.5) is 0 Å². The minimum absolute atomic E-state index is 0.231. The molecule has 0 aliphatic carbocycles. The van der Waals surface area contributed by atoms with Crippen LogP contribution in [-0.2, 0) is 16.0 Å². The first-order chi connectivity index (χ1) is 7.17. The number of nitriles is 1. The lowest BCUT2D eigenvalue weighted by atomic mass is 10.0. The van der Waals surface area contributed by atoms with Crippen LogP contribution in [0.5, 0.6) is 0 Å². The summed E-state index contributed by atoms with van der Waals surface area (Å²) < 4.78 is 4.85. The fourth-order valence-corrected chi connectivity index (χ4v) is 1.30. The molecule has 0 fully saturated rings. The highest BCUT2D eigenvalue weighted by Gasteiger charge is 2.07. The lowest BCUT2D eigenvalue weighted by Gasteiger charge is -2.05. The third kappa shape index (κ3) is 3.10. The molecule has 0 spiro atoms. The summed E-state index contributed by atoms with van der Waals surface area (Å²) in [5.74, 6) is -0.254. The van der Waals surface area contributed by atoms with Crippen LogP contribution in [0.3, 0.4) is 0 Å². The van der Waals surface area contributed by atoms with Crippen molar-refractivity contribution in [2.75, 3.05) is 6.61 Å². The Balaban J connectivity index is 2.85. The van der Waals surface area contributed by atoms with Gasteiger partial charge in [0.05, 0.1) is 24.7 Å². The summed E-state index contributed by atoms with van der Waals surface area (Å²) in [4.78, 5) is 11.3. The number of esters is 1. The molecule has 1 aromatic carbocycles. The summed E-state index contributed by atoms with van der Waals surface area (Å²) in [6.07, 6.45) is 0.231. The van der Waals surface area contributed by atoms with E-state index in [1.807, 2.05) is 19.1 Å². The molecule has 0 N–H and O–H groups in total. The van der Waals surface area contributed by atoms with Crippen molar-refractivity contribution in [2.45, 2.75) is 20.3 Å². The van der Waals surface area contributed by atoms with Gasteiger partial charge in [0.2, 0.25) is 0 Å². The molecular weight excluding hydrogens is 190 g/mol. The number of carbonyl (C=O) groups is 1. The normalized spacial score (nSPS) is 9.40. The fourth-order valence-electron chi connectivity index (χ4n) is 1.30. The first-order valence-corrected chi connectivity index (χ1v) is 4.82. The predicted octanol–water partition coefficient (Wildman–Crippen LogP) is 1.97. The quantitative estimate of drug-likeness (QED) is 0.706. The van der Waals surface area contributed by atoms with Crippen molar-refractivity contribution in [2.24, 2.45) is 0 Å². The zero-order chi connectivity index (χ0) is 11.3. The van der Waals surface area contributed by atoms with Gasteiger partial charge in [0.1, 0.15) is 0 Å². The number of ether oxygens (including phenoxy) is 1. The lowest BCUT2D eigenvalue weighted by Crippen LogP contribution is -2.08. The maximum Gasteiger partial charge on any atom is 0.310 e. The van der Waals surface area contributed by atoms with Crippen molar-refractivity contribution < 1.29 is 9.53 Å². The Hall–Kier alpha value is -1.82. The highest BCUT2D eigenvalue weighted by molar-refractivity contribution is 5.73. The fraction of sp³-hybridized carbons (Fsp3) is 0.333. The molecule has 0 heterocycles. The van der Waals surface area contributed by atoms with Gasteiger partial charge >= 0.3 is 5.97 Å². The highest BCUT2D eigenvalue weighted by atomic mass is 16.5. The average Bonchev–Trinajstić information content (AvgIpc) is 2.21. The van der Waals surface area contributed by atoms with Crippen molar-refractivity contribution in [3.8, 4) is 6.07 Å². The largest absolute Gasteiger partial charge is 0.466 e. The minimum atomic E-state index is -0.254. The molecule has 0 amide bonds. The molecule has 3 nitrogen and oxygen atoms in total. The van der Waals surface area contributed by atoms with E-state index in [-0.39, 0.29) is 12.4 Å². The monoisotopic (exact) mass is 203 g/mol. The Morgan fingerprint density at radius 2 is 2.27 bits per heavy atom. The Morgan fingerprint density at radius 3 is 2.87 bits per heavy atom. The summed E-state index contributed by atoms with van der Waals surface area (Å²) >= 11 is 0. The van der Waals surface area contributed by atoms with Gasteiger partial charge < -0.3 is 4.74 Å². The standard InChI is InChI=1S/C12H13NO2/c1-3-15-12(14)7-11-6-10(8-13)5-4-9(11)2/h4-6H,3,7H2,1-2H3. The lowest BCUT2D eigenvalue weighted by molar-refractivity contribution is -0.142. The van der Waals surface area contributed by atoms with E-state index in [1.165, 1.54) is 0 Å². The molecule has 1 rings (SSSR count). The number of hydrogen-bond donors (Lipinski definition) is 0. The molecule has 78 valence electrons. The first kappa shape index (κ1) is 11.3. The van der Waals surface area contributed by atoms with Crippen LogP contribution in [0.15, 0.2) is 18.2 Å². The van der Waals surface area contributed by atoms with E-state index in [0.29, 0.717) is 12.2 Å². The molecule has 1 aromatic rings. The topological polar surface area (TPSA) is 50.1 Å². The van der Waals surface area contributed by atoms with E-state index in [4.69, 9.17) is 10.00 Å². The van der Waals surface area contributed by atoms with E-state index >= 15 is 0 Å². The summed E-state index contributed by atoms with van der Waals surface area (Å²) in [5, 5.41) is 8.72. The summed E-state index contributed by atoms with van der Waals surface area (Å²) in [6, 6.07) is 7.36. The SMILES string of the molecule is CCOC(=O)Cc1cc(C#N)ccc1C. The van der Waals surface area contributed by atoms with Crippen molar-refractivity contribution in [1.29, 1.82) is 5.26 Å². The van der Waals surface area contributed by atoms with Crippen LogP contribution >= 0.6 is 0 Å². The Bertz CT molecular complexity index is 405. The number of rotatable bonds is 3. The highest BCUT2D eigenvalue weighted by Crippen LogP contribution is 2.11. The molecule has 0 aliphatic rings.